The number of amides is 1. The molecule has 7 nitrogen and oxygen atoms in total. The van der Waals surface area contributed by atoms with Crippen molar-refractivity contribution in [2.75, 3.05) is 5.32 Å². The van der Waals surface area contributed by atoms with Crippen LogP contribution < -0.4 is 5.32 Å². The number of rotatable bonds is 5. The molecule has 128 valence electrons. The molecule has 25 heavy (non-hydrogen) atoms. The number of esters is 1. The number of fused-ring (bicyclic) bond motifs is 1. The average Bonchev–Trinajstić information content (AvgIpc) is 2.90. The lowest BCUT2D eigenvalue weighted by Gasteiger charge is -2.15. The Kier molecular flexibility index (Phi) is 4.47. The van der Waals surface area contributed by atoms with Crippen LogP contribution in [0.5, 0.6) is 0 Å². The van der Waals surface area contributed by atoms with Gasteiger partial charge in [-0.15, -0.1) is 0 Å². The highest BCUT2D eigenvalue weighted by Crippen LogP contribution is 2.35. The van der Waals surface area contributed by atoms with Crippen molar-refractivity contribution >= 4 is 23.3 Å². The molecule has 2 aromatic carbocycles. The Hall–Kier alpha value is -3.22. The van der Waals surface area contributed by atoms with Crippen molar-refractivity contribution in [3.8, 4) is 0 Å². The lowest BCUT2D eigenvalue weighted by atomic mass is 9.97. The zero-order valence-electron chi connectivity index (χ0n) is 13.5. The van der Waals surface area contributed by atoms with Crippen molar-refractivity contribution in [1.29, 1.82) is 0 Å². The van der Waals surface area contributed by atoms with Gasteiger partial charge in [0.25, 0.3) is 5.69 Å². The Morgan fingerprint density at radius 2 is 2.04 bits per heavy atom. The van der Waals surface area contributed by atoms with E-state index in [0.29, 0.717) is 11.3 Å². The Labute approximate surface area is 143 Å². The van der Waals surface area contributed by atoms with E-state index >= 15 is 0 Å². The number of benzene rings is 2. The quantitative estimate of drug-likeness (QED) is 0.511. The highest BCUT2D eigenvalue weighted by Gasteiger charge is 2.32. The molecule has 0 aromatic heterocycles. The number of nitrogens with zero attached hydrogens (tertiary/aromatic N) is 1. The van der Waals surface area contributed by atoms with Crippen molar-refractivity contribution in [3.63, 3.8) is 0 Å². The molecular weight excluding hydrogens is 324 g/mol. The van der Waals surface area contributed by atoms with Crippen LogP contribution >= 0.6 is 0 Å². The molecule has 3 rings (SSSR count). The highest BCUT2D eigenvalue weighted by atomic mass is 16.6. The highest BCUT2D eigenvalue weighted by molar-refractivity contribution is 6.04. The second-order valence-electron chi connectivity index (χ2n) is 5.82. The molecule has 0 aliphatic carbocycles. The number of hydrogen-bond acceptors (Lipinski definition) is 5. The fourth-order valence-electron chi connectivity index (χ4n) is 2.85. The number of nitrogens with one attached hydrogen (secondary N) is 1. The van der Waals surface area contributed by atoms with Gasteiger partial charge in [0, 0.05) is 17.8 Å². The average molecular weight is 340 g/mol. The Bertz CT molecular complexity index is 849. The number of ether oxygens (including phenoxy) is 1. The molecule has 7 heteroatoms. The summed E-state index contributed by atoms with van der Waals surface area (Å²) >= 11 is 0. The predicted molar refractivity (Wildman–Crippen MR) is 90.0 cm³/mol. The Morgan fingerprint density at radius 3 is 2.80 bits per heavy atom. The van der Waals surface area contributed by atoms with E-state index in [1.54, 1.807) is 31.2 Å². The molecule has 1 N–H and O–H groups in total. The first-order chi connectivity index (χ1) is 12.0. The first kappa shape index (κ1) is 16.6. The van der Waals surface area contributed by atoms with Crippen LogP contribution in [-0.2, 0) is 14.3 Å². The molecule has 2 aromatic rings. The first-order valence-corrected chi connectivity index (χ1v) is 7.79. The van der Waals surface area contributed by atoms with Crippen LogP contribution in [0.25, 0.3) is 0 Å². The number of nitro benzene ring substituents is 1. The van der Waals surface area contributed by atoms with E-state index in [1.165, 1.54) is 12.1 Å². The summed E-state index contributed by atoms with van der Waals surface area (Å²) in [5, 5.41) is 13.6. The summed E-state index contributed by atoms with van der Waals surface area (Å²) < 4.78 is 5.35. The van der Waals surface area contributed by atoms with Crippen molar-refractivity contribution in [2.45, 2.75) is 25.4 Å². The van der Waals surface area contributed by atoms with E-state index in [0.717, 1.165) is 5.56 Å². The number of para-hydroxylation sites is 1. The van der Waals surface area contributed by atoms with E-state index in [1.807, 2.05) is 12.1 Å². The molecular formula is C18H16N2O5. The third-order valence-electron chi connectivity index (χ3n) is 4.14. The normalized spacial score (nSPS) is 16.7. The van der Waals surface area contributed by atoms with E-state index in [2.05, 4.69) is 5.32 Å². The Morgan fingerprint density at radius 1 is 1.28 bits per heavy atom. The van der Waals surface area contributed by atoms with Gasteiger partial charge in [-0.05, 0) is 24.1 Å². The van der Waals surface area contributed by atoms with Gasteiger partial charge in [-0.3, -0.25) is 19.7 Å². The number of nitro groups is 1. The number of hydrogen-bond donors (Lipinski definition) is 1. The smallest absolute Gasteiger partial charge is 0.307 e. The molecule has 1 aliphatic heterocycles. The van der Waals surface area contributed by atoms with Crippen molar-refractivity contribution in [1.82, 2.24) is 0 Å². The molecule has 0 radical (unpaired) electrons. The summed E-state index contributed by atoms with van der Waals surface area (Å²) in [5.74, 6) is -1.35. The minimum absolute atomic E-state index is 0.0653. The molecule has 0 saturated carbocycles. The van der Waals surface area contributed by atoms with Crippen LogP contribution in [0, 0.1) is 10.1 Å². The van der Waals surface area contributed by atoms with E-state index < -0.39 is 22.9 Å². The van der Waals surface area contributed by atoms with Crippen molar-refractivity contribution in [3.05, 3.63) is 69.8 Å². The second kappa shape index (κ2) is 6.72. The van der Waals surface area contributed by atoms with Gasteiger partial charge in [-0.1, -0.05) is 30.3 Å². The van der Waals surface area contributed by atoms with Gasteiger partial charge in [0.2, 0.25) is 5.91 Å². The standard InChI is InChI=1S/C18H16N2O5/c1-11(12-5-4-6-13(9-12)20(23)24)25-17(21)10-15-14-7-2-3-8-16(14)19-18(15)22/h2-9,11,15H,10H2,1H3,(H,19,22). The molecule has 1 heterocycles. The van der Waals surface area contributed by atoms with E-state index in [9.17, 15) is 19.7 Å². The van der Waals surface area contributed by atoms with Crippen molar-refractivity contribution in [2.24, 2.45) is 0 Å². The minimum Gasteiger partial charge on any atom is -0.458 e. The van der Waals surface area contributed by atoms with E-state index in [-0.39, 0.29) is 18.0 Å². The van der Waals surface area contributed by atoms with Crippen LogP contribution in [0.3, 0.4) is 0 Å². The number of anilines is 1. The van der Waals surface area contributed by atoms with Crippen LogP contribution in [0.2, 0.25) is 0 Å². The third-order valence-corrected chi connectivity index (χ3v) is 4.14. The van der Waals surface area contributed by atoms with Gasteiger partial charge in [-0.2, -0.15) is 0 Å². The van der Waals surface area contributed by atoms with Crippen molar-refractivity contribution < 1.29 is 19.2 Å². The molecule has 1 aliphatic rings. The Balaban J connectivity index is 1.68. The summed E-state index contributed by atoms with van der Waals surface area (Å²) in [7, 11) is 0. The second-order valence-corrected chi connectivity index (χ2v) is 5.82. The molecule has 0 spiro atoms. The fourth-order valence-corrected chi connectivity index (χ4v) is 2.85. The van der Waals surface area contributed by atoms with Gasteiger partial charge in [0.15, 0.2) is 0 Å². The number of carbonyl (C=O) groups is 2. The van der Waals surface area contributed by atoms with Crippen LogP contribution in [0.4, 0.5) is 11.4 Å². The maximum atomic E-state index is 12.2. The zero-order chi connectivity index (χ0) is 18.0. The van der Waals surface area contributed by atoms with E-state index in [4.69, 9.17) is 4.74 Å². The van der Waals surface area contributed by atoms with Gasteiger partial charge < -0.3 is 10.1 Å². The lowest BCUT2D eigenvalue weighted by molar-refractivity contribution is -0.385. The lowest BCUT2D eigenvalue weighted by Crippen LogP contribution is -2.18. The topological polar surface area (TPSA) is 98.5 Å². The largest absolute Gasteiger partial charge is 0.458 e. The molecule has 0 fully saturated rings. The third kappa shape index (κ3) is 3.50. The van der Waals surface area contributed by atoms with Gasteiger partial charge >= 0.3 is 5.97 Å². The minimum atomic E-state index is -0.646. The van der Waals surface area contributed by atoms with Crippen LogP contribution in [0.1, 0.15) is 36.5 Å². The molecule has 2 unspecified atom stereocenters. The zero-order valence-corrected chi connectivity index (χ0v) is 13.5. The van der Waals surface area contributed by atoms with Gasteiger partial charge in [-0.25, -0.2) is 0 Å². The molecule has 1 amide bonds. The predicted octanol–water partition coefficient (Wildman–Crippen LogP) is 3.33. The summed E-state index contributed by atoms with van der Waals surface area (Å²) in [6.45, 7) is 1.64. The first-order valence-electron chi connectivity index (χ1n) is 7.79. The molecule has 2 atom stereocenters. The summed E-state index contributed by atoms with van der Waals surface area (Å²) in [6.07, 6.45) is -0.727. The number of carbonyl (C=O) groups excluding carboxylic acids is 2. The summed E-state index contributed by atoms with van der Waals surface area (Å²) in [4.78, 5) is 34.6. The SMILES string of the molecule is CC(OC(=O)CC1C(=O)Nc2ccccc21)c1cccc([N+](=O)[O-])c1. The molecule has 0 bridgehead atoms. The monoisotopic (exact) mass is 340 g/mol. The van der Waals surface area contributed by atoms with Gasteiger partial charge in [0.05, 0.1) is 17.3 Å². The van der Waals surface area contributed by atoms with Crippen LogP contribution in [0.15, 0.2) is 48.5 Å². The summed E-state index contributed by atoms with van der Waals surface area (Å²) in [6, 6.07) is 13.1. The summed E-state index contributed by atoms with van der Waals surface area (Å²) in [5.41, 5.74) is 1.94. The molecule has 0 saturated heterocycles. The van der Waals surface area contributed by atoms with Crippen LogP contribution in [-0.4, -0.2) is 16.8 Å². The number of non-ortho nitro benzene ring substituents is 1. The maximum Gasteiger partial charge on any atom is 0.307 e. The van der Waals surface area contributed by atoms with Gasteiger partial charge in [0.1, 0.15) is 6.10 Å². The maximum absolute atomic E-state index is 12.2. The fraction of sp³-hybridized carbons (Fsp3) is 0.222.